The molecule has 0 spiro atoms. The zero-order chi connectivity index (χ0) is 12.9. The van der Waals surface area contributed by atoms with E-state index in [4.69, 9.17) is 19.2 Å². The molecular formula is C13H20O4. The van der Waals surface area contributed by atoms with Gasteiger partial charge in [0, 0.05) is 0 Å². The number of hydrogen-bond donors (Lipinski definition) is 0. The van der Waals surface area contributed by atoms with E-state index in [9.17, 15) is 0 Å². The molecule has 0 aliphatic rings. The molecule has 0 amide bonds. The van der Waals surface area contributed by atoms with E-state index in [2.05, 4.69) is 0 Å². The Labute approximate surface area is 102 Å². The van der Waals surface area contributed by atoms with E-state index in [0.717, 1.165) is 5.56 Å². The molecule has 0 aliphatic heterocycles. The van der Waals surface area contributed by atoms with Gasteiger partial charge in [0.15, 0.2) is 11.5 Å². The highest BCUT2D eigenvalue weighted by atomic mass is 17.2. The number of methoxy groups -OCH3 is 2. The lowest BCUT2D eigenvalue weighted by Crippen LogP contribution is -2.19. The van der Waals surface area contributed by atoms with Crippen LogP contribution in [0.4, 0.5) is 0 Å². The van der Waals surface area contributed by atoms with Gasteiger partial charge in [-0.25, -0.2) is 9.78 Å². The van der Waals surface area contributed by atoms with Crippen LogP contribution in [-0.2, 0) is 16.4 Å². The monoisotopic (exact) mass is 240 g/mol. The molecule has 17 heavy (non-hydrogen) atoms. The number of rotatable bonds is 5. The third kappa shape index (κ3) is 4.63. The second-order valence-corrected chi connectivity index (χ2v) is 4.65. The summed E-state index contributed by atoms with van der Waals surface area (Å²) in [7, 11) is 3.21. The predicted octanol–water partition coefficient (Wildman–Crippen LogP) is 2.95. The molecule has 0 saturated carbocycles. The largest absolute Gasteiger partial charge is 0.493 e. The van der Waals surface area contributed by atoms with E-state index in [0.29, 0.717) is 18.1 Å². The molecule has 4 heteroatoms. The lowest BCUT2D eigenvalue weighted by Gasteiger charge is -2.17. The Kier molecular flexibility index (Phi) is 4.78. The average Bonchev–Trinajstić information content (AvgIpc) is 2.27. The summed E-state index contributed by atoms with van der Waals surface area (Å²) in [4.78, 5) is 10.4. The van der Waals surface area contributed by atoms with Crippen molar-refractivity contribution in [2.45, 2.75) is 33.0 Å². The summed E-state index contributed by atoms with van der Waals surface area (Å²) in [6.07, 6.45) is 0. The van der Waals surface area contributed by atoms with E-state index in [1.165, 1.54) is 0 Å². The maximum absolute atomic E-state index is 5.20. The van der Waals surface area contributed by atoms with Crippen LogP contribution in [0.1, 0.15) is 26.3 Å². The summed E-state index contributed by atoms with van der Waals surface area (Å²) < 4.78 is 10.4. The lowest BCUT2D eigenvalue weighted by molar-refractivity contribution is -0.356. The molecule has 0 bridgehead atoms. The summed E-state index contributed by atoms with van der Waals surface area (Å²) in [6, 6.07) is 5.62. The van der Waals surface area contributed by atoms with Gasteiger partial charge in [-0.15, -0.1) is 0 Å². The van der Waals surface area contributed by atoms with Crippen LogP contribution in [0.15, 0.2) is 18.2 Å². The minimum absolute atomic E-state index is 0.309. The third-order valence-electron chi connectivity index (χ3n) is 1.98. The maximum atomic E-state index is 5.20. The van der Waals surface area contributed by atoms with Crippen LogP contribution in [0.2, 0.25) is 0 Å². The number of hydrogen-bond acceptors (Lipinski definition) is 4. The molecule has 1 aromatic carbocycles. The molecule has 0 unspecified atom stereocenters. The van der Waals surface area contributed by atoms with E-state index in [1.54, 1.807) is 14.2 Å². The van der Waals surface area contributed by atoms with E-state index in [1.807, 2.05) is 39.0 Å². The normalized spacial score (nSPS) is 11.4. The molecule has 0 N–H and O–H groups in total. The van der Waals surface area contributed by atoms with Gasteiger partial charge in [0.05, 0.1) is 19.8 Å². The zero-order valence-electron chi connectivity index (χ0n) is 11.1. The molecule has 1 aromatic rings. The molecule has 0 radical (unpaired) electrons. The molecular weight excluding hydrogens is 220 g/mol. The van der Waals surface area contributed by atoms with E-state index < -0.39 is 0 Å². The highest BCUT2D eigenvalue weighted by Gasteiger charge is 2.12. The van der Waals surface area contributed by atoms with E-state index in [-0.39, 0.29) is 5.60 Å². The van der Waals surface area contributed by atoms with Crippen LogP contribution in [0.3, 0.4) is 0 Å². The van der Waals surface area contributed by atoms with Crippen LogP contribution in [0, 0.1) is 0 Å². The topological polar surface area (TPSA) is 36.9 Å². The molecule has 96 valence electrons. The second kappa shape index (κ2) is 5.89. The summed E-state index contributed by atoms with van der Waals surface area (Å²) in [5.74, 6) is 1.39. The van der Waals surface area contributed by atoms with Gasteiger partial charge < -0.3 is 9.47 Å². The van der Waals surface area contributed by atoms with Gasteiger partial charge in [-0.05, 0) is 38.5 Å². The fourth-order valence-electron chi connectivity index (χ4n) is 1.24. The molecule has 0 aliphatic carbocycles. The minimum Gasteiger partial charge on any atom is -0.493 e. The SMILES string of the molecule is COc1ccc(COOC(C)(C)C)cc1OC. The highest BCUT2D eigenvalue weighted by molar-refractivity contribution is 5.42. The van der Waals surface area contributed by atoms with Crippen molar-refractivity contribution in [1.82, 2.24) is 0 Å². The molecule has 0 saturated heterocycles. The van der Waals surface area contributed by atoms with Crippen molar-refractivity contribution in [2.75, 3.05) is 14.2 Å². The first-order valence-corrected chi connectivity index (χ1v) is 5.48. The standard InChI is InChI=1S/C13H20O4/c1-13(2,3)17-16-9-10-6-7-11(14-4)12(8-10)15-5/h6-8H,9H2,1-5H3. The summed E-state index contributed by atoms with van der Waals surface area (Å²) in [5.41, 5.74) is 0.656. The smallest absolute Gasteiger partial charge is 0.161 e. The first-order chi connectivity index (χ1) is 7.96. The molecule has 1 rings (SSSR count). The minimum atomic E-state index is -0.309. The summed E-state index contributed by atoms with van der Waals surface area (Å²) in [5, 5.41) is 0. The van der Waals surface area contributed by atoms with Crippen molar-refractivity contribution in [1.29, 1.82) is 0 Å². The van der Waals surface area contributed by atoms with Gasteiger partial charge >= 0.3 is 0 Å². The number of benzene rings is 1. The first kappa shape index (κ1) is 13.8. The van der Waals surface area contributed by atoms with Crippen molar-refractivity contribution < 1.29 is 19.2 Å². The molecule has 0 atom stereocenters. The van der Waals surface area contributed by atoms with Crippen LogP contribution < -0.4 is 9.47 Å². The summed E-state index contributed by atoms with van der Waals surface area (Å²) >= 11 is 0. The van der Waals surface area contributed by atoms with Crippen LogP contribution in [0.25, 0.3) is 0 Å². The number of ether oxygens (including phenoxy) is 2. The highest BCUT2D eigenvalue weighted by Crippen LogP contribution is 2.27. The Balaban J connectivity index is 2.60. The maximum Gasteiger partial charge on any atom is 0.161 e. The van der Waals surface area contributed by atoms with Gasteiger partial charge in [0.25, 0.3) is 0 Å². The molecule has 0 aromatic heterocycles. The van der Waals surface area contributed by atoms with Gasteiger partial charge in [0.1, 0.15) is 6.61 Å². The van der Waals surface area contributed by atoms with Gasteiger partial charge in [0.2, 0.25) is 0 Å². The van der Waals surface area contributed by atoms with Crippen LogP contribution in [-0.4, -0.2) is 19.8 Å². The fraction of sp³-hybridized carbons (Fsp3) is 0.538. The summed E-state index contributed by atoms with van der Waals surface area (Å²) in [6.45, 7) is 6.17. The van der Waals surface area contributed by atoms with Crippen molar-refractivity contribution in [3.05, 3.63) is 23.8 Å². The van der Waals surface area contributed by atoms with Gasteiger partial charge in [-0.2, -0.15) is 0 Å². The molecule has 0 heterocycles. The molecule has 0 fully saturated rings. The Morgan fingerprint density at radius 2 is 1.65 bits per heavy atom. The van der Waals surface area contributed by atoms with Crippen molar-refractivity contribution >= 4 is 0 Å². The van der Waals surface area contributed by atoms with Crippen molar-refractivity contribution in [3.63, 3.8) is 0 Å². The Bertz CT molecular complexity index is 355. The van der Waals surface area contributed by atoms with E-state index >= 15 is 0 Å². The van der Waals surface area contributed by atoms with Gasteiger partial charge in [-0.3, -0.25) is 0 Å². The zero-order valence-corrected chi connectivity index (χ0v) is 11.1. The third-order valence-corrected chi connectivity index (χ3v) is 1.98. The van der Waals surface area contributed by atoms with Gasteiger partial charge in [-0.1, -0.05) is 6.07 Å². The van der Waals surface area contributed by atoms with Crippen molar-refractivity contribution in [2.24, 2.45) is 0 Å². The Hall–Kier alpha value is -1.26. The second-order valence-electron chi connectivity index (χ2n) is 4.65. The lowest BCUT2D eigenvalue weighted by atomic mass is 10.2. The van der Waals surface area contributed by atoms with Crippen LogP contribution in [0.5, 0.6) is 11.5 Å². The molecule has 4 nitrogen and oxygen atoms in total. The van der Waals surface area contributed by atoms with Crippen molar-refractivity contribution in [3.8, 4) is 11.5 Å². The fourth-order valence-corrected chi connectivity index (χ4v) is 1.24. The average molecular weight is 240 g/mol. The van der Waals surface area contributed by atoms with Crippen LogP contribution >= 0.6 is 0 Å². The first-order valence-electron chi connectivity index (χ1n) is 5.48. The Morgan fingerprint density at radius 3 is 2.18 bits per heavy atom. The predicted molar refractivity (Wildman–Crippen MR) is 65.2 cm³/mol. The Morgan fingerprint density at radius 1 is 1.00 bits per heavy atom. The quantitative estimate of drug-likeness (QED) is 0.585.